The van der Waals surface area contributed by atoms with Crippen molar-refractivity contribution in [2.45, 2.75) is 36.0 Å². The predicted molar refractivity (Wildman–Crippen MR) is 142 cm³/mol. The van der Waals surface area contributed by atoms with Crippen LogP contribution in [0.5, 0.6) is 0 Å². The number of hydrogen-bond acceptors (Lipinski definition) is 2. The van der Waals surface area contributed by atoms with Crippen molar-refractivity contribution in [1.29, 1.82) is 0 Å². The van der Waals surface area contributed by atoms with E-state index < -0.39 is 10.8 Å². The van der Waals surface area contributed by atoms with Gasteiger partial charge >= 0.3 is 0 Å². The number of para-hydroxylation sites is 1. The van der Waals surface area contributed by atoms with E-state index in [0.717, 1.165) is 38.1 Å². The highest BCUT2D eigenvalue weighted by molar-refractivity contribution is 7.85. The van der Waals surface area contributed by atoms with Crippen LogP contribution < -0.4 is 0 Å². The third-order valence-corrected chi connectivity index (χ3v) is 7.95. The minimum atomic E-state index is -1.39. The van der Waals surface area contributed by atoms with E-state index in [2.05, 4.69) is 31.2 Å². The Labute approximate surface area is 208 Å². The first-order chi connectivity index (χ1) is 17.0. The largest absolute Gasteiger partial charge is 0.286 e. The van der Waals surface area contributed by atoms with Crippen LogP contribution in [0.3, 0.4) is 0 Å². The molecule has 35 heavy (non-hydrogen) atoms. The average molecular weight is 478 g/mol. The van der Waals surface area contributed by atoms with Gasteiger partial charge in [0.05, 0.1) is 21.2 Å². The summed E-state index contributed by atoms with van der Waals surface area (Å²) in [6.45, 7) is 4.10. The van der Waals surface area contributed by atoms with Crippen molar-refractivity contribution in [3.63, 3.8) is 0 Å². The average Bonchev–Trinajstić information content (AvgIpc) is 3.28. The summed E-state index contributed by atoms with van der Waals surface area (Å²) in [6.07, 6.45) is 2.08. The molecule has 5 rings (SSSR count). The van der Waals surface area contributed by atoms with Gasteiger partial charge in [-0.25, -0.2) is 4.21 Å². The quantitative estimate of drug-likeness (QED) is 0.258. The highest BCUT2D eigenvalue weighted by atomic mass is 32.2. The monoisotopic (exact) mass is 477 g/mol. The first-order valence-electron chi connectivity index (χ1n) is 11.7. The molecule has 2 atom stereocenters. The molecule has 0 aliphatic carbocycles. The summed E-state index contributed by atoms with van der Waals surface area (Å²) in [6, 6.07) is 33.8. The lowest BCUT2D eigenvalue weighted by atomic mass is 9.86. The number of carbonyl (C=O) groups is 1. The van der Waals surface area contributed by atoms with Crippen molar-refractivity contribution >= 4 is 27.6 Å². The number of hydrogen-bond donors (Lipinski definition) is 0. The summed E-state index contributed by atoms with van der Waals surface area (Å²) in [5.74, 6) is -0.0948. The molecule has 1 aromatic heterocycles. The molecule has 0 saturated carbocycles. The lowest BCUT2D eigenvalue weighted by Gasteiger charge is -2.20. The van der Waals surface area contributed by atoms with Gasteiger partial charge in [0.15, 0.2) is 0 Å². The fourth-order valence-electron chi connectivity index (χ4n) is 4.63. The Kier molecular flexibility index (Phi) is 6.47. The van der Waals surface area contributed by atoms with Crippen molar-refractivity contribution in [2.24, 2.45) is 0 Å². The van der Waals surface area contributed by atoms with Crippen LogP contribution >= 0.6 is 0 Å². The number of rotatable bonds is 6. The topological polar surface area (TPSA) is 39.1 Å². The first kappa shape index (κ1) is 23.0. The van der Waals surface area contributed by atoms with E-state index in [1.807, 2.05) is 85.8 Å². The van der Waals surface area contributed by atoms with Gasteiger partial charge in [0, 0.05) is 28.8 Å². The smallest absolute Gasteiger partial charge is 0.232 e. The van der Waals surface area contributed by atoms with E-state index in [1.54, 1.807) is 10.8 Å². The van der Waals surface area contributed by atoms with Gasteiger partial charge in [0.2, 0.25) is 5.91 Å². The second kappa shape index (κ2) is 9.85. The van der Waals surface area contributed by atoms with E-state index >= 15 is 0 Å². The second-order valence-electron chi connectivity index (χ2n) is 8.88. The Bertz CT molecular complexity index is 1520. The molecular formula is C31H27NO2S. The Morgan fingerprint density at radius 2 is 1.46 bits per heavy atom. The molecule has 0 unspecified atom stereocenters. The Hall–Kier alpha value is -3.76. The molecule has 174 valence electrons. The maximum atomic E-state index is 13.8. The van der Waals surface area contributed by atoms with Gasteiger partial charge in [-0.2, -0.15) is 0 Å². The highest BCUT2D eigenvalue weighted by Gasteiger charge is 2.23. The zero-order chi connectivity index (χ0) is 24.4. The van der Waals surface area contributed by atoms with Gasteiger partial charge in [-0.15, -0.1) is 0 Å². The number of aromatic nitrogens is 1. The third-order valence-electron chi connectivity index (χ3n) is 6.52. The van der Waals surface area contributed by atoms with Gasteiger partial charge in [0.1, 0.15) is 0 Å². The molecule has 0 radical (unpaired) electrons. The summed E-state index contributed by atoms with van der Waals surface area (Å²) >= 11 is 0. The van der Waals surface area contributed by atoms with Crippen LogP contribution in [0.15, 0.2) is 119 Å². The summed E-state index contributed by atoms with van der Waals surface area (Å²) in [5.41, 5.74) is 5.31. The standard InChI is InChI=1S/C31H27NO2S/c1-22-16-18-25(19-17-22)35(34)30-21-32(29-15-9-8-14-27(29)30)31(33)20-28(24-11-4-3-5-12-24)26-13-7-6-10-23(26)2/h3-19,21,28H,20H2,1-2H3/t28-,35-/m0/s1. The van der Waals surface area contributed by atoms with Crippen molar-refractivity contribution in [3.8, 4) is 0 Å². The summed E-state index contributed by atoms with van der Waals surface area (Å²) < 4.78 is 15.2. The van der Waals surface area contributed by atoms with E-state index in [4.69, 9.17) is 0 Å². The molecule has 4 heteroatoms. The molecule has 0 spiro atoms. The minimum absolute atomic E-state index is 0.0227. The van der Waals surface area contributed by atoms with E-state index in [-0.39, 0.29) is 11.8 Å². The number of nitrogens with zero attached hydrogens (tertiary/aromatic N) is 1. The number of carbonyl (C=O) groups excluding carboxylic acids is 1. The molecule has 5 aromatic rings. The summed E-state index contributed by atoms with van der Waals surface area (Å²) in [4.78, 5) is 15.2. The minimum Gasteiger partial charge on any atom is -0.286 e. The van der Waals surface area contributed by atoms with Crippen molar-refractivity contribution < 1.29 is 9.00 Å². The van der Waals surface area contributed by atoms with Crippen LogP contribution in [-0.2, 0) is 10.8 Å². The maximum Gasteiger partial charge on any atom is 0.232 e. The summed E-state index contributed by atoms with van der Waals surface area (Å²) in [5, 5.41) is 0.840. The van der Waals surface area contributed by atoms with Crippen molar-refractivity contribution in [1.82, 2.24) is 4.57 Å². The van der Waals surface area contributed by atoms with Gasteiger partial charge in [-0.3, -0.25) is 9.36 Å². The molecule has 0 bridgehead atoms. The zero-order valence-corrected chi connectivity index (χ0v) is 20.7. The van der Waals surface area contributed by atoms with Gasteiger partial charge in [-0.05, 0) is 48.7 Å². The van der Waals surface area contributed by atoms with E-state index in [1.165, 1.54) is 0 Å². The van der Waals surface area contributed by atoms with E-state index in [0.29, 0.717) is 11.3 Å². The highest BCUT2D eigenvalue weighted by Crippen LogP contribution is 2.33. The molecule has 0 aliphatic heterocycles. The molecule has 4 aromatic carbocycles. The fourth-order valence-corrected chi connectivity index (χ4v) is 5.85. The maximum absolute atomic E-state index is 13.8. The van der Waals surface area contributed by atoms with E-state index in [9.17, 15) is 9.00 Å². The molecule has 3 nitrogen and oxygen atoms in total. The van der Waals surface area contributed by atoms with Gasteiger partial charge < -0.3 is 0 Å². The van der Waals surface area contributed by atoms with Crippen LogP contribution in [0.1, 0.15) is 39.4 Å². The third kappa shape index (κ3) is 4.62. The van der Waals surface area contributed by atoms with Gasteiger partial charge in [-0.1, -0.05) is 90.5 Å². The van der Waals surface area contributed by atoms with Crippen LogP contribution in [0.4, 0.5) is 0 Å². The number of aryl methyl sites for hydroxylation is 2. The van der Waals surface area contributed by atoms with Gasteiger partial charge in [0.25, 0.3) is 0 Å². The van der Waals surface area contributed by atoms with Crippen molar-refractivity contribution in [2.75, 3.05) is 0 Å². The Morgan fingerprint density at radius 3 is 2.20 bits per heavy atom. The second-order valence-corrected chi connectivity index (χ2v) is 10.3. The van der Waals surface area contributed by atoms with Crippen molar-refractivity contribution in [3.05, 3.63) is 132 Å². The van der Waals surface area contributed by atoms with Crippen LogP contribution in [-0.4, -0.2) is 14.7 Å². The van der Waals surface area contributed by atoms with Crippen LogP contribution in [0.2, 0.25) is 0 Å². The number of benzene rings is 4. The molecule has 0 fully saturated rings. The zero-order valence-electron chi connectivity index (χ0n) is 19.8. The fraction of sp³-hybridized carbons (Fsp3) is 0.129. The molecular weight excluding hydrogens is 450 g/mol. The Morgan fingerprint density at radius 1 is 0.800 bits per heavy atom. The molecule has 0 amide bonds. The molecule has 1 heterocycles. The predicted octanol–water partition coefficient (Wildman–Crippen LogP) is 7.29. The van der Waals surface area contributed by atoms with Crippen LogP contribution in [0, 0.1) is 13.8 Å². The number of fused-ring (bicyclic) bond motifs is 1. The molecule has 0 aliphatic rings. The lowest BCUT2D eigenvalue weighted by molar-refractivity contribution is 0.0902. The summed E-state index contributed by atoms with van der Waals surface area (Å²) in [7, 11) is -1.39. The molecule has 0 saturated heterocycles. The first-order valence-corrected chi connectivity index (χ1v) is 12.9. The Balaban J connectivity index is 1.56. The van der Waals surface area contributed by atoms with Crippen LogP contribution in [0.25, 0.3) is 10.9 Å². The lowest BCUT2D eigenvalue weighted by Crippen LogP contribution is -2.15. The normalized spacial score (nSPS) is 13.0. The SMILES string of the molecule is Cc1ccc([S@](=O)c2cn(C(=O)C[C@@H](c3ccccc3)c3ccccc3C)c3ccccc23)cc1. The molecule has 0 N–H and O–H groups in total.